The summed E-state index contributed by atoms with van der Waals surface area (Å²) >= 11 is 0. The predicted octanol–water partition coefficient (Wildman–Crippen LogP) is 0.651. The molecule has 118 valence electrons. The van der Waals surface area contributed by atoms with Crippen LogP contribution in [0, 0.1) is 0 Å². The van der Waals surface area contributed by atoms with Crippen LogP contribution < -0.4 is 10.5 Å². The van der Waals surface area contributed by atoms with Crippen LogP contribution in [0.2, 0.25) is 0 Å². The maximum absolute atomic E-state index is 10.6. The van der Waals surface area contributed by atoms with Gasteiger partial charge in [0.1, 0.15) is 13.0 Å². The first-order valence-corrected chi connectivity index (χ1v) is 8.06. The van der Waals surface area contributed by atoms with Crippen LogP contribution in [0.15, 0.2) is 30.3 Å². The zero-order valence-corrected chi connectivity index (χ0v) is 12.4. The quantitative estimate of drug-likeness (QED) is 0.494. The van der Waals surface area contributed by atoms with Crippen molar-refractivity contribution in [2.75, 3.05) is 25.3 Å². The molecule has 0 atom stereocenters. The molecule has 0 radical (unpaired) electrons. The minimum absolute atomic E-state index is 0.0139. The molecule has 2 aromatic rings. The zero-order chi connectivity index (χ0) is 16.0. The van der Waals surface area contributed by atoms with E-state index in [9.17, 15) is 4.57 Å². The maximum Gasteiger partial charge on any atom is 0.350 e. The molecule has 1 aromatic carbocycles. The lowest BCUT2D eigenvalue weighted by Crippen LogP contribution is -2.11. The summed E-state index contributed by atoms with van der Waals surface area (Å²) < 4.78 is 20.6. The van der Waals surface area contributed by atoms with E-state index in [4.69, 9.17) is 25.0 Å². The molecule has 10 heteroatoms. The van der Waals surface area contributed by atoms with Crippen molar-refractivity contribution < 1.29 is 23.8 Å². The molecule has 0 aliphatic rings. The lowest BCUT2D eigenvalue weighted by molar-refractivity contribution is 0.115. The van der Waals surface area contributed by atoms with Gasteiger partial charge in [0, 0.05) is 5.56 Å². The fourth-order valence-electron chi connectivity index (χ4n) is 1.53. The van der Waals surface area contributed by atoms with Gasteiger partial charge in [-0.3, -0.25) is 4.57 Å². The van der Waals surface area contributed by atoms with Crippen molar-refractivity contribution in [1.29, 1.82) is 0 Å². The third-order valence-electron chi connectivity index (χ3n) is 2.38. The van der Waals surface area contributed by atoms with E-state index < -0.39 is 13.9 Å². The number of rotatable bonds is 7. The van der Waals surface area contributed by atoms with E-state index in [0.29, 0.717) is 5.82 Å². The number of benzene rings is 1. The highest BCUT2D eigenvalue weighted by Gasteiger charge is 2.12. The lowest BCUT2D eigenvalue weighted by Gasteiger charge is -2.08. The Morgan fingerprint density at radius 3 is 2.50 bits per heavy atom. The number of nitrogen functional groups attached to an aromatic ring is 1. The molecule has 0 amide bonds. The lowest BCUT2D eigenvalue weighted by atomic mass is 10.2. The topological polar surface area (TPSA) is 141 Å². The Morgan fingerprint density at radius 1 is 1.09 bits per heavy atom. The highest BCUT2D eigenvalue weighted by Crippen LogP contribution is 2.33. The Hall–Kier alpha value is -2.06. The summed E-state index contributed by atoms with van der Waals surface area (Å²) in [7, 11) is -4.17. The van der Waals surface area contributed by atoms with Crippen LogP contribution in [0.3, 0.4) is 0 Å². The van der Waals surface area contributed by atoms with Crippen molar-refractivity contribution in [2.24, 2.45) is 0 Å². The zero-order valence-electron chi connectivity index (χ0n) is 11.5. The van der Waals surface area contributed by atoms with E-state index in [1.165, 1.54) is 0 Å². The third kappa shape index (κ3) is 5.38. The van der Waals surface area contributed by atoms with Gasteiger partial charge in [-0.2, -0.15) is 15.0 Å². The average Bonchev–Trinajstić information content (AvgIpc) is 2.46. The molecular weight excluding hydrogens is 311 g/mol. The summed E-state index contributed by atoms with van der Waals surface area (Å²) in [5, 5.41) is 0. The van der Waals surface area contributed by atoms with Gasteiger partial charge < -0.3 is 25.0 Å². The van der Waals surface area contributed by atoms with Crippen molar-refractivity contribution >= 4 is 13.5 Å². The van der Waals surface area contributed by atoms with Gasteiger partial charge in [0.2, 0.25) is 5.95 Å². The van der Waals surface area contributed by atoms with Gasteiger partial charge in [-0.1, -0.05) is 30.3 Å². The number of aromatic nitrogens is 3. The highest BCUT2D eigenvalue weighted by molar-refractivity contribution is 7.51. The van der Waals surface area contributed by atoms with Gasteiger partial charge >= 0.3 is 13.6 Å². The van der Waals surface area contributed by atoms with Crippen molar-refractivity contribution in [1.82, 2.24) is 15.0 Å². The minimum Gasteiger partial charge on any atom is -0.461 e. The molecule has 0 aliphatic carbocycles. The van der Waals surface area contributed by atoms with E-state index >= 15 is 0 Å². The molecule has 1 aromatic heterocycles. The van der Waals surface area contributed by atoms with E-state index in [2.05, 4.69) is 15.0 Å². The van der Waals surface area contributed by atoms with E-state index in [-0.39, 0.29) is 25.2 Å². The van der Waals surface area contributed by atoms with Gasteiger partial charge in [0.25, 0.3) is 0 Å². The smallest absolute Gasteiger partial charge is 0.350 e. The van der Waals surface area contributed by atoms with Gasteiger partial charge in [-0.15, -0.1) is 0 Å². The van der Waals surface area contributed by atoms with E-state index in [1.54, 1.807) is 0 Å². The van der Waals surface area contributed by atoms with Crippen LogP contribution in [0.25, 0.3) is 11.4 Å². The first-order chi connectivity index (χ1) is 10.4. The molecule has 22 heavy (non-hydrogen) atoms. The summed E-state index contributed by atoms with van der Waals surface area (Å²) in [5.74, 6) is 0.388. The summed E-state index contributed by atoms with van der Waals surface area (Å²) in [6.07, 6.45) is -0.662. The Labute approximate surface area is 126 Å². The van der Waals surface area contributed by atoms with Crippen LogP contribution in [-0.4, -0.2) is 44.3 Å². The summed E-state index contributed by atoms with van der Waals surface area (Å²) in [6.45, 7) is 0.00898. The van der Waals surface area contributed by atoms with Crippen molar-refractivity contribution in [3.8, 4) is 17.4 Å². The molecule has 0 fully saturated rings. The number of nitrogens with zero attached hydrogens (tertiary/aromatic N) is 3. The van der Waals surface area contributed by atoms with Crippen LogP contribution >= 0.6 is 7.60 Å². The molecule has 4 N–H and O–H groups in total. The molecule has 0 saturated carbocycles. The van der Waals surface area contributed by atoms with E-state index in [0.717, 1.165) is 5.56 Å². The van der Waals surface area contributed by atoms with Crippen LogP contribution in [0.5, 0.6) is 6.01 Å². The molecule has 1 heterocycles. The summed E-state index contributed by atoms with van der Waals surface area (Å²) in [6, 6.07) is 9.20. The molecular formula is C12H15N4O5P. The average molecular weight is 326 g/mol. The highest BCUT2D eigenvalue weighted by atomic mass is 31.2. The number of ether oxygens (including phenoxy) is 2. The predicted molar refractivity (Wildman–Crippen MR) is 78.0 cm³/mol. The second-order valence-electron chi connectivity index (χ2n) is 4.22. The molecule has 2 rings (SSSR count). The largest absolute Gasteiger partial charge is 0.461 e. The molecule has 0 unspecified atom stereocenters. The Kier molecular flexibility index (Phi) is 5.40. The van der Waals surface area contributed by atoms with Gasteiger partial charge in [-0.25, -0.2) is 0 Å². The number of nitrogens with two attached hydrogens (primary N) is 1. The third-order valence-corrected chi connectivity index (χ3v) is 2.90. The normalized spacial score (nSPS) is 11.4. The van der Waals surface area contributed by atoms with Gasteiger partial charge in [0.15, 0.2) is 5.82 Å². The first-order valence-electron chi connectivity index (χ1n) is 6.26. The van der Waals surface area contributed by atoms with Gasteiger partial charge in [-0.05, 0) is 0 Å². The summed E-state index contributed by atoms with van der Waals surface area (Å²) in [4.78, 5) is 29.2. The number of anilines is 1. The Balaban J connectivity index is 1.95. The SMILES string of the molecule is Nc1nc(OCCOCP(=O)(O)O)nc(-c2ccccc2)n1. The first kappa shape index (κ1) is 16.3. The molecule has 0 bridgehead atoms. The Bertz CT molecular complexity index is 664. The molecule has 9 nitrogen and oxygen atoms in total. The monoisotopic (exact) mass is 326 g/mol. The summed E-state index contributed by atoms with van der Waals surface area (Å²) in [5.41, 5.74) is 6.37. The fraction of sp³-hybridized carbons (Fsp3) is 0.250. The molecule has 0 saturated heterocycles. The van der Waals surface area contributed by atoms with Gasteiger partial charge in [0.05, 0.1) is 6.61 Å². The van der Waals surface area contributed by atoms with Crippen molar-refractivity contribution in [3.05, 3.63) is 30.3 Å². The fourth-order valence-corrected chi connectivity index (χ4v) is 1.90. The molecule has 0 aliphatic heterocycles. The number of hydrogen-bond acceptors (Lipinski definition) is 7. The minimum atomic E-state index is -4.17. The Morgan fingerprint density at radius 2 is 1.82 bits per heavy atom. The second-order valence-corrected chi connectivity index (χ2v) is 5.80. The standard InChI is InChI=1S/C12H15N4O5P/c13-11-14-10(9-4-2-1-3-5-9)15-12(16-11)21-7-6-20-8-22(17,18)19/h1-5H,6-8H2,(H2,17,18,19)(H2,13,14,15,16). The van der Waals surface area contributed by atoms with E-state index in [1.807, 2.05) is 30.3 Å². The van der Waals surface area contributed by atoms with Crippen molar-refractivity contribution in [3.63, 3.8) is 0 Å². The van der Waals surface area contributed by atoms with Crippen LogP contribution in [0.4, 0.5) is 5.95 Å². The van der Waals surface area contributed by atoms with Crippen LogP contribution in [-0.2, 0) is 9.30 Å². The maximum atomic E-state index is 10.6. The number of hydrogen-bond donors (Lipinski definition) is 3. The second kappa shape index (κ2) is 7.28. The van der Waals surface area contributed by atoms with Crippen molar-refractivity contribution in [2.45, 2.75) is 0 Å². The van der Waals surface area contributed by atoms with Crippen LogP contribution in [0.1, 0.15) is 0 Å². The molecule has 0 spiro atoms.